The molecule has 0 atom stereocenters. The first-order valence-electron chi connectivity index (χ1n) is 19.5. The molecule has 0 amide bonds. The Morgan fingerprint density at radius 3 is 0.982 bits per heavy atom. The molecule has 56 heavy (non-hydrogen) atoms. The molecule has 0 unspecified atom stereocenters. The van der Waals surface area contributed by atoms with Crippen molar-refractivity contribution in [3.05, 3.63) is 206 Å². The highest BCUT2D eigenvalue weighted by Crippen LogP contribution is 2.46. The Balaban J connectivity index is 1.05. The van der Waals surface area contributed by atoms with Crippen LogP contribution in [0.4, 0.5) is 0 Å². The van der Waals surface area contributed by atoms with Crippen molar-refractivity contribution < 1.29 is 0 Å². The molecular weight excluding hydrogens is 673 g/mol. The molecule has 0 bridgehead atoms. The van der Waals surface area contributed by atoms with E-state index in [1.54, 1.807) is 0 Å². The summed E-state index contributed by atoms with van der Waals surface area (Å²) in [6, 6.07) is 76.7. The van der Waals surface area contributed by atoms with E-state index in [2.05, 4.69) is 206 Å². The van der Waals surface area contributed by atoms with Crippen LogP contribution in [0.3, 0.4) is 0 Å². The first-order valence-corrected chi connectivity index (χ1v) is 19.5. The second-order valence-corrected chi connectivity index (χ2v) is 15.2. The van der Waals surface area contributed by atoms with Crippen LogP contribution < -0.4 is 0 Å². The van der Waals surface area contributed by atoms with Gasteiger partial charge < -0.3 is 0 Å². The minimum absolute atomic E-state index is 1.23. The number of benzene rings is 12. The van der Waals surface area contributed by atoms with Crippen LogP contribution in [0.1, 0.15) is 0 Å². The lowest BCUT2D eigenvalue weighted by molar-refractivity contribution is 1.62. The molecular formula is C56H34. The number of hydrogen-bond donors (Lipinski definition) is 0. The molecule has 0 aromatic heterocycles. The second-order valence-electron chi connectivity index (χ2n) is 15.2. The highest BCUT2D eigenvalue weighted by atomic mass is 14.2. The predicted molar refractivity (Wildman–Crippen MR) is 242 cm³/mol. The molecule has 0 heteroatoms. The van der Waals surface area contributed by atoms with Crippen LogP contribution in [-0.2, 0) is 0 Å². The van der Waals surface area contributed by atoms with Crippen molar-refractivity contribution in [2.45, 2.75) is 0 Å². The van der Waals surface area contributed by atoms with Crippen molar-refractivity contribution in [3.63, 3.8) is 0 Å². The molecule has 0 radical (unpaired) electrons. The third kappa shape index (κ3) is 4.66. The zero-order chi connectivity index (χ0) is 36.7. The predicted octanol–water partition coefficient (Wildman–Crippen LogP) is 15.9. The minimum Gasteiger partial charge on any atom is -0.0616 e. The van der Waals surface area contributed by atoms with Gasteiger partial charge in [-0.05, 0) is 132 Å². The van der Waals surface area contributed by atoms with Gasteiger partial charge in [-0.2, -0.15) is 0 Å². The average molecular weight is 707 g/mol. The summed E-state index contributed by atoms with van der Waals surface area (Å²) in [5.41, 5.74) is 9.97. The maximum absolute atomic E-state index is 2.38. The fraction of sp³-hybridized carbons (Fsp3) is 0. The summed E-state index contributed by atoms with van der Waals surface area (Å²) in [7, 11) is 0. The topological polar surface area (TPSA) is 0 Å². The zero-order valence-corrected chi connectivity index (χ0v) is 30.6. The van der Waals surface area contributed by atoms with Gasteiger partial charge in [0.25, 0.3) is 0 Å². The molecule has 12 aromatic rings. The molecule has 0 saturated carbocycles. The number of rotatable bonds is 4. The highest BCUT2D eigenvalue weighted by molar-refractivity contribution is 6.28. The van der Waals surface area contributed by atoms with Gasteiger partial charge in [-0.15, -0.1) is 0 Å². The summed E-state index contributed by atoms with van der Waals surface area (Å²) in [4.78, 5) is 0. The van der Waals surface area contributed by atoms with E-state index in [9.17, 15) is 0 Å². The van der Waals surface area contributed by atoms with Crippen LogP contribution in [0.2, 0.25) is 0 Å². The summed E-state index contributed by atoms with van der Waals surface area (Å²) >= 11 is 0. The SMILES string of the molecule is c1ccc(-c2ccc3ccc4c(-c5ccccc5-c5ccc6ccc7ccccc7c6c5)ccc5ccc2c3c54)c(-c2ccc3ccc4ccccc4c3c2)c1. The van der Waals surface area contributed by atoms with Crippen molar-refractivity contribution in [3.8, 4) is 44.5 Å². The lowest BCUT2D eigenvalue weighted by Gasteiger charge is -2.19. The molecule has 0 saturated heterocycles. The van der Waals surface area contributed by atoms with Crippen molar-refractivity contribution in [2.24, 2.45) is 0 Å². The quantitative estimate of drug-likeness (QED) is 0.160. The molecule has 0 aliphatic heterocycles. The van der Waals surface area contributed by atoms with Crippen LogP contribution in [-0.4, -0.2) is 0 Å². The van der Waals surface area contributed by atoms with E-state index in [0.29, 0.717) is 0 Å². The molecule has 12 rings (SSSR count). The fourth-order valence-electron chi connectivity index (χ4n) is 9.55. The van der Waals surface area contributed by atoms with E-state index in [0.717, 1.165) is 0 Å². The van der Waals surface area contributed by atoms with Gasteiger partial charge in [-0.3, -0.25) is 0 Å². The van der Waals surface area contributed by atoms with E-state index in [4.69, 9.17) is 0 Å². The van der Waals surface area contributed by atoms with E-state index in [-0.39, 0.29) is 0 Å². The largest absolute Gasteiger partial charge is 0.0616 e. The van der Waals surface area contributed by atoms with Gasteiger partial charge in [0.1, 0.15) is 0 Å². The Morgan fingerprint density at radius 2 is 0.518 bits per heavy atom. The van der Waals surface area contributed by atoms with Crippen molar-refractivity contribution >= 4 is 75.4 Å². The van der Waals surface area contributed by atoms with Gasteiger partial charge in [0.05, 0.1) is 0 Å². The molecule has 258 valence electrons. The molecule has 0 N–H and O–H groups in total. The van der Waals surface area contributed by atoms with Crippen molar-refractivity contribution in [1.82, 2.24) is 0 Å². The lowest BCUT2D eigenvalue weighted by atomic mass is 9.84. The fourth-order valence-corrected chi connectivity index (χ4v) is 9.55. The molecule has 0 aliphatic rings. The van der Waals surface area contributed by atoms with E-state index < -0.39 is 0 Å². The monoisotopic (exact) mass is 706 g/mol. The summed E-state index contributed by atoms with van der Waals surface area (Å²) in [6.07, 6.45) is 0. The molecule has 0 fully saturated rings. The van der Waals surface area contributed by atoms with Gasteiger partial charge in [-0.1, -0.05) is 194 Å². The Hall–Kier alpha value is -7.28. The van der Waals surface area contributed by atoms with Crippen LogP contribution in [0.25, 0.3) is 120 Å². The van der Waals surface area contributed by atoms with Crippen molar-refractivity contribution in [2.75, 3.05) is 0 Å². The standard InChI is InChI=1S/C56H34/c1-3-11-43-35(9-1)17-19-37-21-23-41(33-53(37)43)45-13-5-7-15-47(45)49-29-25-39-28-32-52-50(30-26-40-27-31-51(49)55(39)56(40)52)48-16-8-6-14-46(48)42-24-22-38-20-18-36-10-2-4-12-44(36)54(38)34-42/h1-34H. The van der Waals surface area contributed by atoms with Crippen LogP contribution in [0, 0.1) is 0 Å². The highest BCUT2D eigenvalue weighted by Gasteiger charge is 2.18. The first-order chi connectivity index (χ1) is 27.8. The molecule has 0 heterocycles. The van der Waals surface area contributed by atoms with Gasteiger partial charge in [0.2, 0.25) is 0 Å². The van der Waals surface area contributed by atoms with Gasteiger partial charge in [0, 0.05) is 0 Å². The Kier molecular flexibility index (Phi) is 6.73. The van der Waals surface area contributed by atoms with Crippen molar-refractivity contribution in [1.29, 1.82) is 0 Å². The molecule has 0 nitrogen and oxygen atoms in total. The molecule has 0 spiro atoms. The Labute approximate surface area is 324 Å². The van der Waals surface area contributed by atoms with Crippen LogP contribution in [0.15, 0.2) is 206 Å². The molecule has 12 aromatic carbocycles. The Bertz CT molecular complexity index is 3290. The summed E-state index contributed by atoms with van der Waals surface area (Å²) < 4.78 is 0. The maximum Gasteiger partial charge on any atom is -0.00203 e. The number of hydrogen-bond acceptors (Lipinski definition) is 0. The minimum atomic E-state index is 1.23. The maximum atomic E-state index is 2.38. The summed E-state index contributed by atoms with van der Waals surface area (Å²) in [6.45, 7) is 0. The van der Waals surface area contributed by atoms with Crippen LogP contribution >= 0.6 is 0 Å². The van der Waals surface area contributed by atoms with Gasteiger partial charge >= 0.3 is 0 Å². The smallest absolute Gasteiger partial charge is 0.00203 e. The zero-order valence-electron chi connectivity index (χ0n) is 30.6. The van der Waals surface area contributed by atoms with E-state index in [1.165, 1.54) is 120 Å². The van der Waals surface area contributed by atoms with Gasteiger partial charge in [0.15, 0.2) is 0 Å². The lowest BCUT2D eigenvalue weighted by Crippen LogP contribution is -1.92. The average Bonchev–Trinajstić information content (AvgIpc) is 3.27. The third-order valence-corrected chi connectivity index (χ3v) is 12.2. The van der Waals surface area contributed by atoms with Crippen LogP contribution in [0.5, 0.6) is 0 Å². The molecule has 0 aliphatic carbocycles. The Morgan fingerprint density at radius 1 is 0.179 bits per heavy atom. The summed E-state index contributed by atoms with van der Waals surface area (Å²) in [5.74, 6) is 0. The third-order valence-electron chi connectivity index (χ3n) is 12.2. The second kappa shape index (κ2) is 12.1. The van der Waals surface area contributed by atoms with E-state index >= 15 is 0 Å². The first kappa shape index (κ1) is 31.1. The van der Waals surface area contributed by atoms with E-state index in [1.807, 2.05) is 0 Å². The van der Waals surface area contributed by atoms with Gasteiger partial charge in [-0.25, -0.2) is 0 Å². The number of fused-ring (bicyclic) bond motifs is 6. The summed E-state index contributed by atoms with van der Waals surface area (Å²) in [5, 5.41) is 18.0. The normalized spacial score (nSPS) is 11.9.